The minimum Gasteiger partial charge on any atom is -0.480 e. The molecular weight excluding hydrogens is 192 g/mol. The van der Waals surface area contributed by atoms with Crippen molar-refractivity contribution in [2.75, 3.05) is 19.6 Å². The van der Waals surface area contributed by atoms with Crippen molar-refractivity contribution < 1.29 is 9.90 Å². The summed E-state index contributed by atoms with van der Waals surface area (Å²) in [6, 6.07) is -0.675. The van der Waals surface area contributed by atoms with Gasteiger partial charge in [-0.1, -0.05) is 12.8 Å². The largest absolute Gasteiger partial charge is 0.480 e. The molecule has 3 N–H and O–H groups in total. The van der Waals surface area contributed by atoms with Crippen LogP contribution in [0.5, 0.6) is 0 Å². The molecule has 4 nitrogen and oxygen atoms in total. The summed E-state index contributed by atoms with van der Waals surface area (Å²) in [4.78, 5) is 12.9. The zero-order chi connectivity index (χ0) is 11.1. The van der Waals surface area contributed by atoms with E-state index in [0.29, 0.717) is 6.42 Å². The molecule has 1 saturated heterocycles. The zero-order valence-corrected chi connectivity index (χ0v) is 9.32. The van der Waals surface area contributed by atoms with Crippen molar-refractivity contribution in [2.45, 2.75) is 44.6 Å². The molecule has 1 aliphatic heterocycles. The topological polar surface area (TPSA) is 66.6 Å². The summed E-state index contributed by atoms with van der Waals surface area (Å²) in [5, 5.41) is 8.59. The number of nitrogens with two attached hydrogens (primary N) is 1. The molecule has 0 amide bonds. The van der Waals surface area contributed by atoms with Gasteiger partial charge in [0.25, 0.3) is 0 Å². The lowest BCUT2D eigenvalue weighted by Gasteiger charge is -2.26. The van der Waals surface area contributed by atoms with Gasteiger partial charge >= 0.3 is 5.97 Å². The van der Waals surface area contributed by atoms with Crippen LogP contribution in [0.3, 0.4) is 0 Å². The number of likely N-dealkylation sites (tertiary alicyclic amines) is 1. The van der Waals surface area contributed by atoms with Crippen molar-refractivity contribution in [2.24, 2.45) is 5.73 Å². The van der Waals surface area contributed by atoms with Gasteiger partial charge in [0.2, 0.25) is 0 Å². The molecule has 1 atom stereocenters. The number of unbranched alkanes of at least 4 members (excludes halogenated alkanes) is 1. The van der Waals surface area contributed by atoms with Crippen molar-refractivity contribution in [1.29, 1.82) is 0 Å². The zero-order valence-electron chi connectivity index (χ0n) is 9.32. The molecule has 0 aromatic rings. The molecule has 15 heavy (non-hydrogen) atoms. The minimum atomic E-state index is -0.882. The van der Waals surface area contributed by atoms with Crippen molar-refractivity contribution in [3.63, 3.8) is 0 Å². The lowest BCUT2D eigenvalue weighted by molar-refractivity contribution is -0.138. The molecule has 0 bridgehead atoms. The van der Waals surface area contributed by atoms with Gasteiger partial charge in [-0.15, -0.1) is 0 Å². The molecule has 4 heteroatoms. The van der Waals surface area contributed by atoms with Crippen LogP contribution in [-0.2, 0) is 4.79 Å². The minimum absolute atomic E-state index is 0.600. The molecule has 0 radical (unpaired) electrons. The Labute approximate surface area is 91.4 Å². The average Bonchev–Trinajstić information content (AvgIpc) is 2.25. The highest BCUT2D eigenvalue weighted by Gasteiger charge is 2.12. The highest BCUT2D eigenvalue weighted by molar-refractivity contribution is 5.72. The van der Waals surface area contributed by atoms with E-state index in [4.69, 9.17) is 10.8 Å². The van der Waals surface area contributed by atoms with Crippen LogP contribution in [0.1, 0.15) is 38.5 Å². The standard InChI is InChI=1S/C11H22N2O2/c12-10(11(14)15)6-2-5-9-13-7-3-1-4-8-13/h10H,1-9,12H2,(H,14,15). The molecule has 0 aliphatic carbocycles. The predicted molar refractivity (Wildman–Crippen MR) is 59.8 cm³/mol. The number of piperidine rings is 1. The lowest BCUT2D eigenvalue weighted by atomic mass is 10.1. The van der Waals surface area contributed by atoms with Crippen LogP contribution >= 0.6 is 0 Å². The molecule has 1 heterocycles. The van der Waals surface area contributed by atoms with Gasteiger partial charge in [-0.2, -0.15) is 0 Å². The fourth-order valence-corrected chi connectivity index (χ4v) is 2.01. The third-order valence-electron chi connectivity index (χ3n) is 3.01. The Morgan fingerprint density at radius 3 is 2.53 bits per heavy atom. The van der Waals surface area contributed by atoms with E-state index in [2.05, 4.69) is 4.90 Å². The first-order valence-electron chi connectivity index (χ1n) is 5.91. The van der Waals surface area contributed by atoms with Crippen molar-refractivity contribution >= 4 is 5.97 Å². The first kappa shape index (κ1) is 12.5. The predicted octanol–water partition coefficient (Wildman–Crippen LogP) is 1.05. The van der Waals surface area contributed by atoms with Gasteiger partial charge in [0.05, 0.1) is 0 Å². The summed E-state index contributed by atoms with van der Waals surface area (Å²) < 4.78 is 0. The van der Waals surface area contributed by atoms with Gasteiger partial charge in [-0.25, -0.2) is 0 Å². The van der Waals surface area contributed by atoms with E-state index in [1.165, 1.54) is 32.4 Å². The smallest absolute Gasteiger partial charge is 0.320 e. The van der Waals surface area contributed by atoms with Crippen LogP contribution in [0, 0.1) is 0 Å². The summed E-state index contributed by atoms with van der Waals surface area (Å²) in [5.41, 5.74) is 5.42. The number of carboxylic acids is 1. The van der Waals surface area contributed by atoms with Crippen LogP contribution < -0.4 is 5.73 Å². The summed E-state index contributed by atoms with van der Waals surface area (Å²) in [7, 11) is 0. The number of carboxylic acid groups (broad SMARTS) is 1. The average molecular weight is 214 g/mol. The maximum absolute atomic E-state index is 10.5. The maximum atomic E-state index is 10.5. The molecule has 0 aromatic heterocycles. The van der Waals surface area contributed by atoms with E-state index in [-0.39, 0.29) is 0 Å². The normalized spacial score (nSPS) is 20.1. The number of nitrogens with zero attached hydrogens (tertiary/aromatic N) is 1. The molecule has 0 aromatic carbocycles. The molecule has 1 unspecified atom stereocenters. The van der Waals surface area contributed by atoms with E-state index in [1.807, 2.05) is 0 Å². The lowest BCUT2D eigenvalue weighted by Crippen LogP contribution is -2.32. The summed E-state index contributed by atoms with van der Waals surface area (Å²) in [6.07, 6.45) is 6.58. The van der Waals surface area contributed by atoms with Gasteiger partial charge in [0.1, 0.15) is 6.04 Å². The van der Waals surface area contributed by atoms with E-state index < -0.39 is 12.0 Å². The quantitative estimate of drug-likeness (QED) is 0.649. The molecule has 1 aliphatic rings. The third kappa shape index (κ3) is 5.14. The fraction of sp³-hybridized carbons (Fsp3) is 0.909. The third-order valence-corrected chi connectivity index (χ3v) is 3.01. The number of aliphatic carboxylic acids is 1. The Bertz CT molecular complexity index is 191. The molecule has 88 valence electrons. The highest BCUT2D eigenvalue weighted by Crippen LogP contribution is 2.10. The number of hydrogen-bond donors (Lipinski definition) is 2. The van der Waals surface area contributed by atoms with E-state index in [1.54, 1.807) is 0 Å². The van der Waals surface area contributed by atoms with Crippen LogP contribution in [0.4, 0.5) is 0 Å². The highest BCUT2D eigenvalue weighted by atomic mass is 16.4. The molecule has 0 saturated carbocycles. The van der Waals surface area contributed by atoms with E-state index in [9.17, 15) is 4.79 Å². The Morgan fingerprint density at radius 2 is 1.93 bits per heavy atom. The van der Waals surface area contributed by atoms with Gasteiger partial charge in [-0.05, 0) is 45.3 Å². The van der Waals surface area contributed by atoms with Crippen molar-refractivity contribution in [3.05, 3.63) is 0 Å². The Kier molecular flexibility index (Phi) is 5.65. The van der Waals surface area contributed by atoms with Gasteiger partial charge in [0, 0.05) is 0 Å². The fourth-order valence-electron chi connectivity index (χ4n) is 2.01. The van der Waals surface area contributed by atoms with Crippen LogP contribution in [0.25, 0.3) is 0 Å². The number of rotatable bonds is 6. The second kappa shape index (κ2) is 6.80. The second-order valence-corrected chi connectivity index (χ2v) is 4.34. The van der Waals surface area contributed by atoms with E-state index in [0.717, 1.165) is 19.4 Å². The first-order chi connectivity index (χ1) is 7.20. The van der Waals surface area contributed by atoms with Gasteiger partial charge in [-0.3, -0.25) is 4.79 Å². The molecule has 1 rings (SSSR count). The summed E-state index contributed by atoms with van der Waals surface area (Å²) in [6.45, 7) is 3.53. The van der Waals surface area contributed by atoms with Gasteiger partial charge in [0.15, 0.2) is 0 Å². The summed E-state index contributed by atoms with van der Waals surface area (Å²) in [5.74, 6) is -0.882. The van der Waals surface area contributed by atoms with Crippen LogP contribution in [-0.4, -0.2) is 41.7 Å². The molecule has 0 spiro atoms. The SMILES string of the molecule is NC(CCCCN1CCCCC1)C(=O)O. The molecule has 1 fully saturated rings. The first-order valence-corrected chi connectivity index (χ1v) is 5.91. The summed E-state index contributed by atoms with van der Waals surface area (Å²) >= 11 is 0. The monoisotopic (exact) mass is 214 g/mol. The second-order valence-electron chi connectivity index (χ2n) is 4.34. The van der Waals surface area contributed by atoms with Crippen LogP contribution in [0.2, 0.25) is 0 Å². The Morgan fingerprint density at radius 1 is 1.27 bits per heavy atom. The number of hydrogen-bond acceptors (Lipinski definition) is 3. The molecular formula is C11H22N2O2. The number of carbonyl (C=O) groups is 1. The van der Waals surface area contributed by atoms with Crippen molar-refractivity contribution in [1.82, 2.24) is 4.90 Å². The Hall–Kier alpha value is -0.610. The van der Waals surface area contributed by atoms with E-state index >= 15 is 0 Å². The Balaban J connectivity index is 1.98. The van der Waals surface area contributed by atoms with Gasteiger partial charge < -0.3 is 15.7 Å². The van der Waals surface area contributed by atoms with Crippen LogP contribution in [0.15, 0.2) is 0 Å². The van der Waals surface area contributed by atoms with Crippen molar-refractivity contribution in [3.8, 4) is 0 Å². The maximum Gasteiger partial charge on any atom is 0.320 e.